The second-order valence-corrected chi connectivity index (χ2v) is 12.3. The number of nitrogens with one attached hydrogen (secondary N) is 1. The second kappa shape index (κ2) is 12.3. The van der Waals surface area contributed by atoms with Crippen molar-refractivity contribution in [1.82, 2.24) is 10.2 Å². The van der Waals surface area contributed by atoms with E-state index >= 15 is 0 Å². The molecule has 10 nitrogen and oxygen atoms in total. The van der Waals surface area contributed by atoms with E-state index in [0.29, 0.717) is 0 Å². The average Bonchev–Trinajstić information content (AvgIpc) is 2.90. The summed E-state index contributed by atoms with van der Waals surface area (Å²) in [5.41, 5.74) is 1.02. The number of nitrogens with zero attached hydrogens (tertiary/aromatic N) is 3. The first-order valence-corrected chi connectivity index (χ1v) is 14.1. The van der Waals surface area contributed by atoms with Crippen LogP contribution in [0.2, 0.25) is 0 Å². The van der Waals surface area contributed by atoms with Crippen molar-refractivity contribution in [3.63, 3.8) is 0 Å². The highest BCUT2D eigenvalue weighted by Crippen LogP contribution is 2.26. The maximum Gasteiger partial charge on any atom is 0.269 e. The zero-order valence-electron chi connectivity index (χ0n) is 23.2. The molecule has 1 unspecified atom stereocenters. The SMILES string of the molecule is Cc1ccccc1CN(C(=O)CN(c1ccc([N+](=O)[O-])cc1)S(=O)(=O)c1ccccc1)C(C)C(=O)NC(C)(C)C. The fourth-order valence-corrected chi connectivity index (χ4v) is 5.45. The van der Waals surface area contributed by atoms with Gasteiger partial charge in [-0.25, -0.2) is 8.42 Å². The van der Waals surface area contributed by atoms with Crippen molar-refractivity contribution < 1.29 is 22.9 Å². The van der Waals surface area contributed by atoms with E-state index in [4.69, 9.17) is 0 Å². The van der Waals surface area contributed by atoms with Crippen LogP contribution in [0.5, 0.6) is 0 Å². The molecule has 1 atom stereocenters. The second-order valence-electron chi connectivity index (χ2n) is 10.5. The molecule has 3 aromatic carbocycles. The number of hydrogen-bond acceptors (Lipinski definition) is 6. The standard InChI is InChI=1S/C29H34N4O6S/c1-21-11-9-10-12-23(21)19-31(22(2)28(35)30-29(3,4)5)27(34)20-32(24-15-17-25(18-16-24)33(36)37)40(38,39)26-13-7-6-8-14-26/h6-18,22H,19-20H2,1-5H3,(H,30,35). The van der Waals surface area contributed by atoms with Crippen LogP contribution < -0.4 is 9.62 Å². The summed E-state index contributed by atoms with van der Waals surface area (Å²) >= 11 is 0. The van der Waals surface area contributed by atoms with Crippen molar-refractivity contribution in [2.75, 3.05) is 10.8 Å². The van der Waals surface area contributed by atoms with Crippen LogP contribution in [0.1, 0.15) is 38.8 Å². The van der Waals surface area contributed by atoms with Crippen molar-refractivity contribution in [3.05, 3.63) is 100 Å². The largest absolute Gasteiger partial charge is 0.350 e. The molecular formula is C29H34N4O6S. The van der Waals surface area contributed by atoms with Crippen molar-refractivity contribution in [2.24, 2.45) is 0 Å². The van der Waals surface area contributed by atoms with Gasteiger partial charge in [0.05, 0.1) is 15.5 Å². The van der Waals surface area contributed by atoms with E-state index in [0.717, 1.165) is 15.4 Å². The minimum Gasteiger partial charge on any atom is -0.350 e. The summed E-state index contributed by atoms with van der Waals surface area (Å²) in [6, 6.07) is 19.0. The molecule has 3 rings (SSSR count). The van der Waals surface area contributed by atoms with Crippen LogP contribution in [0.4, 0.5) is 11.4 Å². The lowest BCUT2D eigenvalue weighted by atomic mass is 10.1. The number of carbonyl (C=O) groups is 2. The maximum atomic E-state index is 13.9. The third-order valence-electron chi connectivity index (χ3n) is 6.23. The lowest BCUT2D eigenvalue weighted by Gasteiger charge is -2.33. The zero-order chi connectivity index (χ0) is 29.7. The Kier molecular flexibility index (Phi) is 9.31. The number of amides is 2. The van der Waals surface area contributed by atoms with Gasteiger partial charge in [0.25, 0.3) is 15.7 Å². The predicted molar refractivity (Wildman–Crippen MR) is 153 cm³/mol. The van der Waals surface area contributed by atoms with Gasteiger partial charge >= 0.3 is 0 Å². The van der Waals surface area contributed by atoms with Gasteiger partial charge in [-0.15, -0.1) is 0 Å². The third kappa shape index (κ3) is 7.44. The molecule has 0 radical (unpaired) electrons. The minimum atomic E-state index is -4.26. The monoisotopic (exact) mass is 566 g/mol. The number of carbonyl (C=O) groups excluding carboxylic acids is 2. The molecule has 0 aromatic heterocycles. The number of aryl methyl sites for hydroxylation is 1. The van der Waals surface area contributed by atoms with Gasteiger partial charge in [0.1, 0.15) is 12.6 Å². The van der Waals surface area contributed by atoms with Crippen molar-refractivity contribution in [3.8, 4) is 0 Å². The van der Waals surface area contributed by atoms with Gasteiger partial charge in [0.15, 0.2) is 0 Å². The average molecular weight is 567 g/mol. The molecule has 0 aliphatic heterocycles. The number of rotatable bonds is 10. The third-order valence-corrected chi connectivity index (χ3v) is 8.01. The molecule has 0 heterocycles. The van der Waals surface area contributed by atoms with E-state index in [1.54, 1.807) is 25.1 Å². The van der Waals surface area contributed by atoms with Crippen LogP contribution in [0.3, 0.4) is 0 Å². The molecule has 0 aliphatic rings. The Morgan fingerprint density at radius 1 is 0.950 bits per heavy atom. The van der Waals surface area contributed by atoms with Crippen LogP contribution in [-0.4, -0.2) is 48.2 Å². The molecule has 0 saturated heterocycles. The summed E-state index contributed by atoms with van der Waals surface area (Å²) in [6.45, 7) is 8.41. The van der Waals surface area contributed by atoms with Gasteiger partial charge in [0, 0.05) is 24.2 Å². The summed E-state index contributed by atoms with van der Waals surface area (Å²) in [4.78, 5) is 39.0. The summed E-state index contributed by atoms with van der Waals surface area (Å²) in [5.74, 6) is -1.00. The number of nitro groups is 1. The number of sulfonamides is 1. The molecule has 0 fully saturated rings. The lowest BCUT2D eigenvalue weighted by molar-refractivity contribution is -0.384. The highest BCUT2D eigenvalue weighted by molar-refractivity contribution is 7.92. The highest BCUT2D eigenvalue weighted by atomic mass is 32.2. The van der Waals surface area contributed by atoms with E-state index in [9.17, 15) is 28.1 Å². The van der Waals surface area contributed by atoms with Crippen LogP contribution >= 0.6 is 0 Å². The van der Waals surface area contributed by atoms with Gasteiger partial charge in [-0.3, -0.25) is 24.0 Å². The fraction of sp³-hybridized carbons (Fsp3) is 0.310. The first kappa shape index (κ1) is 30.3. The quantitative estimate of drug-likeness (QED) is 0.285. The summed E-state index contributed by atoms with van der Waals surface area (Å²) < 4.78 is 28.4. The molecule has 0 aliphatic carbocycles. The number of nitro benzene ring substituents is 1. The normalized spacial score (nSPS) is 12.3. The van der Waals surface area contributed by atoms with Crippen molar-refractivity contribution in [1.29, 1.82) is 0 Å². The molecule has 40 heavy (non-hydrogen) atoms. The zero-order valence-corrected chi connectivity index (χ0v) is 24.0. The minimum absolute atomic E-state index is 0.0508. The maximum absolute atomic E-state index is 13.9. The molecule has 0 spiro atoms. The number of non-ortho nitro benzene ring substituents is 1. The van der Waals surface area contributed by atoms with E-state index in [1.807, 2.05) is 52.0 Å². The summed E-state index contributed by atoms with van der Waals surface area (Å²) in [7, 11) is -4.26. The molecule has 0 bridgehead atoms. The molecular weight excluding hydrogens is 532 g/mol. The van der Waals surface area contributed by atoms with Crippen LogP contribution in [0.25, 0.3) is 0 Å². The van der Waals surface area contributed by atoms with E-state index in [-0.39, 0.29) is 28.7 Å². The van der Waals surface area contributed by atoms with Crippen LogP contribution in [0, 0.1) is 17.0 Å². The Balaban J connectivity index is 2.06. The van der Waals surface area contributed by atoms with Crippen molar-refractivity contribution >= 4 is 33.2 Å². The molecule has 2 amide bonds. The Hall–Kier alpha value is -4.25. The number of hydrogen-bond donors (Lipinski definition) is 1. The first-order valence-electron chi connectivity index (χ1n) is 12.7. The Labute approximate surface area is 234 Å². The Bertz CT molecular complexity index is 1470. The van der Waals surface area contributed by atoms with Crippen molar-refractivity contribution in [2.45, 2.75) is 57.6 Å². The van der Waals surface area contributed by atoms with E-state index in [2.05, 4.69) is 5.32 Å². The van der Waals surface area contributed by atoms with Crippen LogP contribution in [0.15, 0.2) is 83.8 Å². The van der Waals surface area contributed by atoms with Gasteiger partial charge in [-0.05, 0) is 70.0 Å². The van der Waals surface area contributed by atoms with Gasteiger partial charge in [0.2, 0.25) is 11.8 Å². The number of anilines is 1. The van der Waals surface area contributed by atoms with Crippen LogP contribution in [-0.2, 0) is 26.2 Å². The highest BCUT2D eigenvalue weighted by Gasteiger charge is 2.33. The molecule has 0 saturated carbocycles. The van der Waals surface area contributed by atoms with Gasteiger partial charge < -0.3 is 10.2 Å². The number of benzene rings is 3. The lowest BCUT2D eigenvalue weighted by Crippen LogP contribution is -2.54. The molecule has 11 heteroatoms. The predicted octanol–water partition coefficient (Wildman–Crippen LogP) is 4.43. The first-order chi connectivity index (χ1) is 18.7. The Morgan fingerprint density at radius 2 is 1.52 bits per heavy atom. The molecule has 3 aromatic rings. The summed E-state index contributed by atoms with van der Waals surface area (Å²) in [5, 5.41) is 14.1. The fourth-order valence-electron chi connectivity index (χ4n) is 4.02. The van der Waals surface area contributed by atoms with E-state index in [1.165, 1.54) is 41.3 Å². The summed E-state index contributed by atoms with van der Waals surface area (Å²) in [6.07, 6.45) is 0. The topological polar surface area (TPSA) is 130 Å². The molecule has 212 valence electrons. The van der Waals surface area contributed by atoms with Gasteiger partial charge in [-0.1, -0.05) is 42.5 Å². The molecule has 1 N–H and O–H groups in total. The van der Waals surface area contributed by atoms with Gasteiger partial charge in [-0.2, -0.15) is 0 Å². The van der Waals surface area contributed by atoms with E-state index < -0.39 is 39.0 Å². The Morgan fingerprint density at radius 3 is 2.08 bits per heavy atom. The smallest absolute Gasteiger partial charge is 0.269 e.